The summed E-state index contributed by atoms with van der Waals surface area (Å²) in [5, 5.41) is 3.43. The first-order valence-electron chi connectivity index (χ1n) is 9.47. The van der Waals surface area contributed by atoms with Gasteiger partial charge < -0.3 is 14.8 Å². The Kier molecular flexibility index (Phi) is 6.93. The van der Waals surface area contributed by atoms with Gasteiger partial charge in [-0.2, -0.15) is 0 Å². The average Bonchev–Trinajstić information content (AvgIpc) is 3.13. The summed E-state index contributed by atoms with van der Waals surface area (Å²) in [5.41, 5.74) is 4.32. The molecule has 2 aromatic rings. The van der Waals surface area contributed by atoms with Crippen molar-refractivity contribution in [3.63, 3.8) is 0 Å². The molecule has 5 nitrogen and oxygen atoms in total. The summed E-state index contributed by atoms with van der Waals surface area (Å²) in [7, 11) is 0. The molecule has 1 aliphatic carbocycles. The minimum Gasteiger partial charge on any atom is -0.493 e. The summed E-state index contributed by atoms with van der Waals surface area (Å²) in [4.78, 5) is 23.8. The van der Waals surface area contributed by atoms with E-state index in [9.17, 15) is 9.59 Å². The van der Waals surface area contributed by atoms with Crippen LogP contribution in [0.4, 0.5) is 5.69 Å². The fraction of sp³-hybridized carbons (Fsp3) is 0.364. The molecule has 0 heterocycles. The normalized spacial score (nSPS) is 12.4. The number of anilines is 1. The molecule has 1 aliphatic rings. The first-order chi connectivity index (χ1) is 13.5. The first kappa shape index (κ1) is 20.2. The van der Waals surface area contributed by atoms with Crippen LogP contribution in [0, 0.1) is 6.92 Å². The molecule has 0 saturated heterocycles. The number of aryl methyl sites for hydroxylation is 3. The van der Waals surface area contributed by atoms with Crippen molar-refractivity contribution in [2.45, 2.75) is 39.0 Å². The van der Waals surface area contributed by atoms with Gasteiger partial charge in [0.2, 0.25) is 0 Å². The number of carbonyl (C=O) groups is 2. The third kappa shape index (κ3) is 5.73. The maximum atomic E-state index is 12.0. The van der Waals surface area contributed by atoms with E-state index in [-0.39, 0.29) is 18.9 Å². The number of rotatable bonds is 8. The van der Waals surface area contributed by atoms with Crippen molar-refractivity contribution in [3.8, 4) is 5.75 Å². The third-order valence-corrected chi connectivity index (χ3v) is 4.90. The zero-order valence-electron chi connectivity index (χ0n) is 15.9. The number of halogens is 1. The van der Waals surface area contributed by atoms with Crippen LogP contribution in [0.5, 0.6) is 5.75 Å². The van der Waals surface area contributed by atoms with Gasteiger partial charge >= 0.3 is 5.97 Å². The molecule has 2 aromatic carbocycles. The van der Waals surface area contributed by atoms with Crippen LogP contribution in [0.15, 0.2) is 36.4 Å². The van der Waals surface area contributed by atoms with Crippen LogP contribution >= 0.6 is 11.6 Å². The van der Waals surface area contributed by atoms with Gasteiger partial charge in [-0.25, -0.2) is 0 Å². The molecule has 0 radical (unpaired) electrons. The molecule has 148 valence electrons. The summed E-state index contributed by atoms with van der Waals surface area (Å²) in [5.74, 6) is -0.00800. The van der Waals surface area contributed by atoms with Gasteiger partial charge in [0.15, 0.2) is 6.61 Å². The van der Waals surface area contributed by atoms with E-state index < -0.39 is 5.97 Å². The molecule has 0 bridgehead atoms. The molecule has 28 heavy (non-hydrogen) atoms. The Labute approximate surface area is 170 Å². The molecule has 3 rings (SSSR count). The number of nitrogens with one attached hydrogen (secondary N) is 1. The number of hydrogen-bond donors (Lipinski definition) is 1. The number of benzene rings is 2. The maximum Gasteiger partial charge on any atom is 0.306 e. The fourth-order valence-electron chi connectivity index (χ4n) is 3.24. The monoisotopic (exact) mass is 401 g/mol. The molecule has 0 spiro atoms. The number of ether oxygens (including phenoxy) is 2. The minimum atomic E-state index is -0.416. The molecule has 1 N–H and O–H groups in total. The molecule has 0 aromatic heterocycles. The maximum absolute atomic E-state index is 12.0. The predicted octanol–water partition coefficient (Wildman–Crippen LogP) is 4.48. The Bertz CT molecular complexity index is 866. The molecule has 6 heteroatoms. The van der Waals surface area contributed by atoms with Crippen LogP contribution in [-0.2, 0) is 27.2 Å². The van der Waals surface area contributed by atoms with Crippen LogP contribution in [0.3, 0.4) is 0 Å². The number of esters is 1. The van der Waals surface area contributed by atoms with Crippen molar-refractivity contribution < 1.29 is 19.1 Å². The van der Waals surface area contributed by atoms with Crippen molar-refractivity contribution in [3.05, 3.63) is 58.1 Å². The van der Waals surface area contributed by atoms with Gasteiger partial charge in [-0.3, -0.25) is 9.59 Å². The Hall–Kier alpha value is -2.53. The van der Waals surface area contributed by atoms with Crippen LogP contribution in [0.2, 0.25) is 5.02 Å². The van der Waals surface area contributed by atoms with Crippen molar-refractivity contribution in [1.29, 1.82) is 0 Å². The Morgan fingerprint density at radius 1 is 1.11 bits per heavy atom. The van der Waals surface area contributed by atoms with E-state index in [0.29, 0.717) is 18.1 Å². The lowest BCUT2D eigenvalue weighted by Gasteiger charge is -2.10. The molecule has 0 fully saturated rings. The summed E-state index contributed by atoms with van der Waals surface area (Å²) < 4.78 is 10.7. The lowest BCUT2D eigenvalue weighted by atomic mass is 10.1. The topological polar surface area (TPSA) is 64.6 Å². The zero-order chi connectivity index (χ0) is 19.9. The number of fused-ring (bicyclic) bond motifs is 1. The van der Waals surface area contributed by atoms with Gasteiger partial charge in [-0.1, -0.05) is 17.7 Å². The van der Waals surface area contributed by atoms with Gasteiger partial charge in [0, 0.05) is 17.1 Å². The Morgan fingerprint density at radius 2 is 1.93 bits per heavy atom. The Balaban J connectivity index is 1.33. The van der Waals surface area contributed by atoms with Crippen molar-refractivity contribution in [2.75, 3.05) is 18.5 Å². The SMILES string of the molecule is Cc1cc(Cl)ccc1OCCCC(=O)OCC(=O)Nc1ccc2c(c1)CCC2. The summed E-state index contributed by atoms with van der Waals surface area (Å²) in [6, 6.07) is 11.3. The van der Waals surface area contributed by atoms with Gasteiger partial charge in [-0.05, 0) is 79.6 Å². The zero-order valence-corrected chi connectivity index (χ0v) is 16.7. The fourth-order valence-corrected chi connectivity index (χ4v) is 3.46. The number of carbonyl (C=O) groups excluding carboxylic acids is 2. The second kappa shape index (κ2) is 9.60. The number of amides is 1. The lowest BCUT2D eigenvalue weighted by Crippen LogP contribution is -2.21. The standard InChI is InChI=1S/C22H24ClNO4/c1-15-12-18(23)8-10-20(15)27-11-3-6-22(26)28-14-21(25)24-19-9-7-16-4-2-5-17(16)13-19/h7-10,12-13H,2-6,11,14H2,1H3,(H,24,25). The van der Waals surface area contributed by atoms with E-state index in [0.717, 1.165) is 36.3 Å². The molecular formula is C22H24ClNO4. The van der Waals surface area contributed by atoms with E-state index >= 15 is 0 Å². The molecule has 0 unspecified atom stereocenters. The van der Waals surface area contributed by atoms with Gasteiger partial charge in [0.1, 0.15) is 5.75 Å². The number of hydrogen-bond acceptors (Lipinski definition) is 4. The van der Waals surface area contributed by atoms with Gasteiger partial charge in [0.25, 0.3) is 5.91 Å². The largest absolute Gasteiger partial charge is 0.493 e. The average molecular weight is 402 g/mol. The van der Waals surface area contributed by atoms with E-state index in [1.807, 2.05) is 31.2 Å². The second-order valence-electron chi connectivity index (χ2n) is 6.91. The minimum absolute atomic E-state index is 0.193. The van der Waals surface area contributed by atoms with Gasteiger partial charge in [0.05, 0.1) is 6.61 Å². The van der Waals surface area contributed by atoms with Crippen LogP contribution in [0.1, 0.15) is 36.0 Å². The predicted molar refractivity (Wildman–Crippen MR) is 109 cm³/mol. The van der Waals surface area contributed by atoms with E-state index in [1.54, 1.807) is 12.1 Å². The Morgan fingerprint density at radius 3 is 2.75 bits per heavy atom. The molecular weight excluding hydrogens is 378 g/mol. The second-order valence-corrected chi connectivity index (χ2v) is 7.34. The highest BCUT2D eigenvalue weighted by Gasteiger charge is 2.13. The third-order valence-electron chi connectivity index (χ3n) is 4.67. The van der Waals surface area contributed by atoms with E-state index in [1.165, 1.54) is 11.1 Å². The highest BCUT2D eigenvalue weighted by Crippen LogP contribution is 2.25. The first-order valence-corrected chi connectivity index (χ1v) is 9.85. The van der Waals surface area contributed by atoms with Crippen molar-refractivity contribution in [1.82, 2.24) is 0 Å². The molecule has 0 saturated carbocycles. The highest BCUT2D eigenvalue weighted by atomic mass is 35.5. The van der Waals surface area contributed by atoms with Crippen LogP contribution < -0.4 is 10.1 Å². The van der Waals surface area contributed by atoms with E-state index in [2.05, 4.69) is 5.32 Å². The van der Waals surface area contributed by atoms with Crippen molar-refractivity contribution >= 4 is 29.2 Å². The quantitative estimate of drug-likeness (QED) is 0.523. The summed E-state index contributed by atoms with van der Waals surface area (Å²) >= 11 is 5.91. The van der Waals surface area contributed by atoms with Crippen molar-refractivity contribution in [2.24, 2.45) is 0 Å². The summed E-state index contributed by atoms with van der Waals surface area (Å²) in [6.45, 7) is 2.01. The highest BCUT2D eigenvalue weighted by molar-refractivity contribution is 6.30. The van der Waals surface area contributed by atoms with E-state index in [4.69, 9.17) is 21.1 Å². The lowest BCUT2D eigenvalue weighted by molar-refractivity contribution is -0.147. The van der Waals surface area contributed by atoms with Crippen LogP contribution in [0.25, 0.3) is 0 Å². The smallest absolute Gasteiger partial charge is 0.306 e. The summed E-state index contributed by atoms with van der Waals surface area (Å²) in [6.07, 6.45) is 4.01. The molecule has 1 amide bonds. The molecule has 0 atom stereocenters. The molecule has 0 aliphatic heterocycles. The van der Waals surface area contributed by atoms with Gasteiger partial charge in [-0.15, -0.1) is 0 Å². The van der Waals surface area contributed by atoms with Crippen LogP contribution in [-0.4, -0.2) is 25.1 Å².